The molecule has 1 aliphatic heterocycles. The molecule has 0 saturated carbocycles. The molecule has 6 heteroatoms. The van der Waals surface area contributed by atoms with Crippen molar-refractivity contribution in [3.63, 3.8) is 0 Å². The topological polar surface area (TPSA) is 78.5 Å². The van der Waals surface area contributed by atoms with Gasteiger partial charge in [0.05, 0.1) is 0 Å². The van der Waals surface area contributed by atoms with Crippen molar-refractivity contribution < 1.29 is 14.4 Å². The highest BCUT2D eigenvalue weighted by molar-refractivity contribution is 6.03. The number of hydrogen-bond acceptors (Lipinski definition) is 4. The SMILES string of the molecule is CCC1CC(=O)N(CCC(=O)NCCCCCNC)C1=O. The second-order valence-electron chi connectivity index (χ2n) is 5.46. The van der Waals surface area contributed by atoms with Crippen LogP contribution in [-0.4, -0.2) is 49.3 Å². The Morgan fingerprint density at radius 2 is 1.95 bits per heavy atom. The molecule has 3 amide bonds. The van der Waals surface area contributed by atoms with E-state index in [0.717, 1.165) is 25.8 Å². The Bertz CT molecular complexity index is 371. The number of carbonyl (C=O) groups excluding carboxylic acids is 3. The van der Waals surface area contributed by atoms with Gasteiger partial charge in [-0.3, -0.25) is 19.3 Å². The normalized spacial score (nSPS) is 18.4. The van der Waals surface area contributed by atoms with Gasteiger partial charge >= 0.3 is 0 Å². The predicted molar refractivity (Wildman–Crippen MR) is 80.5 cm³/mol. The summed E-state index contributed by atoms with van der Waals surface area (Å²) in [5.74, 6) is -0.550. The Morgan fingerprint density at radius 1 is 1.24 bits per heavy atom. The van der Waals surface area contributed by atoms with Gasteiger partial charge in [-0.05, 0) is 32.9 Å². The van der Waals surface area contributed by atoms with Crippen LogP contribution in [0.1, 0.15) is 45.4 Å². The first kappa shape index (κ1) is 17.6. The average Bonchev–Trinajstić information content (AvgIpc) is 2.75. The Kier molecular flexibility index (Phi) is 7.97. The van der Waals surface area contributed by atoms with E-state index < -0.39 is 0 Å². The lowest BCUT2D eigenvalue weighted by Crippen LogP contribution is -2.35. The number of carbonyl (C=O) groups is 3. The number of unbranched alkanes of at least 4 members (excludes halogenated alkanes) is 2. The highest BCUT2D eigenvalue weighted by Gasteiger charge is 2.36. The van der Waals surface area contributed by atoms with E-state index in [9.17, 15) is 14.4 Å². The fraction of sp³-hybridized carbons (Fsp3) is 0.800. The van der Waals surface area contributed by atoms with Gasteiger partial charge in [0.2, 0.25) is 17.7 Å². The van der Waals surface area contributed by atoms with Gasteiger partial charge in [-0.15, -0.1) is 0 Å². The summed E-state index contributed by atoms with van der Waals surface area (Å²) < 4.78 is 0. The Hall–Kier alpha value is -1.43. The maximum atomic E-state index is 11.9. The zero-order valence-corrected chi connectivity index (χ0v) is 13.1. The van der Waals surface area contributed by atoms with Crippen molar-refractivity contribution in [1.82, 2.24) is 15.5 Å². The Labute approximate surface area is 126 Å². The molecule has 21 heavy (non-hydrogen) atoms. The van der Waals surface area contributed by atoms with Crippen molar-refractivity contribution in [2.45, 2.75) is 45.4 Å². The summed E-state index contributed by atoms with van der Waals surface area (Å²) in [6, 6.07) is 0. The summed E-state index contributed by atoms with van der Waals surface area (Å²) in [6.45, 7) is 3.76. The zero-order chi connectivity index (χ0) is 15.7. The molecule has 1 fully saturated rings. The second-order valence-corrected chi connectivity index (χ2v) is 5.46. The monoisotopic (exact) mass is 297 g/mol. The van der Waals surface area contributed by atoms with E-state index >= 15 is 0 Å². The van der Waals surface area contributed by atoms with E-state index in [1.54, 1.807) is 0 Å². The third-order valence-electron chi connectivity index (χ3n) is 3.82. The third kappa shape index (κ3) is 5.83. The number of hydrogen-bond donors (Lipinski definition) is 2. The summed E-state index contributed by atoms with van der Waals surface area (Å²) in [5.41, 5.74) is 0. The molecule has 0 bridgehead atoms. The van der Waals surface area contributed by atoms with Gasteiger partial charge in [-0.1, -0.05) is 13.3 Å². The lowest BCUT2D eigenvalue weighted by Gasteiger charge is -2.14. The van der Waals surface area contributed by atoms with Crippen molar-refractivity contribution in [1.29, 1.82) is 0 Å². The van der Waals surface area contributed by atoms with E-state index in [1.165, 1.54) is 4.90 Å². The molecule has 1 heterocycles. The number of imide groups is 1. The van der Waals surface area contributed by atoms with Crippen molar-refractivity contribution in [3.05, 3.63) is 0 Å². The zero-order valence-electron chi connectivity index (χ0n) is 13.1. The van der Waals surface area contributed by atoms with Crippen molar-refractivity contribution in [2.24, 2.45) is 5.92 Å². The highest BCUT2D eigenvalue weighted by Crippen LogP contribution is 2.22. The molecule has 2 N–H and O–H groups in total. The van der Waals surface area contributed by atoms with Crippen LogP contribution in [0.2, 0.25) is 0 Å². The molecule has 1 atom stereocenters. The van der Waals surface area contributed by atoms with Crippen LogP contribution in [0.4, 0.5) is 0 Å². The predicted octanol–water partition coefficient (Wildman–Crippen LogP) is 0.668. The molecular formula is C15H27N3O3. The molecule has 0 aromatic rings. The maximum absolute atomic E-state index is 11.9. The summed E-state index contributed by atoms with van der Waals surface area (Å²) in [6.07, 6.45) is 4.30. The molecule has 1 aliphatic rings. The number of amides is 3. The van der Waals surface area contributed by atoms with E-state index in [-0.39, 0.29) is 36.6 Å². The Morgan fingerprint density at radius 3 is 2.57 bits per heavy atom. The summed E-state index contributed by atoms with van der Waals surface area (Å²) in [4.78, 5) is 36.5. The van der Waals surface area contributed by atoms with Gasteiger partial charge in [-0.2, -0.15) is 0 Å². The summed E-state index contributed by atoms with van der Waals surface area (Å²) in [5, 5.41) is 5.91. The standard InChI is InChI=1S/C15H27N3O3/c1-3-12-11-14(20)18(15(12)21)10-7-13(19)17-9-6-4-5-8-16-2/h12,16H,3-11H2,1-2H3,(H,17,19). The van der Waals surface area contributed by atoms with Crippen LogP contribution in [0.15, 0.2) is 0 Å². The second kappa shape index (κ2) is 9.50. The van der Waals surface area contributed by atoms with Crippen molar-refractivity contribution in [3.8, 4) is 0 Å². The van der Waals surface area contributed by atoms with Crippen LogP contribution < -0.4 is 10.6 Å². The van der Waals surface area contributed by atoms with Crippen LogP contribution >= 0.6 is 0 Å². The van der Waals surface area contributed by atoms with Crippen molar-refractivity contribution >= 4 is 17.7 Å². The van der Waals surface area contributed by atoms with Gasteiger partial charge in [0.25, 0.3) is 0 Å². The quantitative estimate of drug-likeness (QED) is 0.459. The minimum absolute atomic E-state index is 0.0934. The van der Waals surface area contributed by atoms with Gasteiger partial charge in [0, 0.05) is 31.8 Å². The largest absolute Gasteiger partial charge is 0.356 e. The minimum atomic E-state index is -0.187. The van der Waals surface area contributed by atoms with Gasteiger partial charge in [0.15, 0.2) is 0 Å². The molecule has 0 aromatic heterocycles. The highest BCUT2D eigenvalue weighted by atomic mass is 16.2. The lowest BCUT2D eigenvalue weighted by atomic mass is 10.1. The number of nitrogens with zero attached hydrogens (tertiary/aromatic N) is 1. The van der Waals surface area contributed by atoms with Crippen LogP contribution in [0.3, 0.4) is 0 Å². The summed E-state index contributed by atoms with van der Waals surface area (Å²) >= 11 is 0. The molecule has 1 unspecified atom stereocenters. The van der Waals surface area contributed by atoms with Gasteiger partial charge in [0.1, 0.15) is 0 Å². The third-order valence-corrected chi connectivity index (χ3v) is 3.82. The van der Waals surface area contributed by atoms with Crippen molar-refractivity contribution in [2.75, 3.05) is 26.7 Å². The fourth-order valence-electron chi connectivity index (χ4n) is 2.44. The Balaban J connectivity index is 2.15. The van der Waals surface area contributed by atoms with Gasteiger partial charge in [-0.25, -0.2) is 0 Å². The molecule has 0 spiro atoms. The van der Waals surface area contributed by atoms with Crippen LogP contribution in [0.25, 0.3) is 0 Å². The molecular weight excluding hydrogens is 270 g/mol. The lowest BCUT2D eigenvalue weighted by molar-refractivity contribution is -0.139. The number of nitrogens with one attached hydrogen (secondary N) is 2. The molecule has 120 valence electrons. The minimum Gasteiger partial charge on any atom is -0.356 e. The first-order chi connectivity index (χ1) is 10.1. The van der Waals surface area contributed by atoms with E-state index in [2.05, 4.69) is 10.6 Å². The molecule has 0 radical (unpaired) electrons. The first-order valence-electron chi connectivity index (χ1n) is 7.85. The molecule has 1 rings (SSSR count). The number of likely N-dealkylation sites (tertiary alicyclic amines) is 1. The van der Waals surface area contributed by atoms with Crippen LogP contribution in [-0.2, 0) is 14.4 Å². The van der Waals surface area contributed by atoms with E-state index in [0.29, 0.717) is 19.4 Å². The van der Waals surface area contributed by atoms with Crippen LogP contribution in [0, 0.1) is 5.92 Å². The van der Waals surface area contributed by atoms with E-state index in [1.807, 2.05) is 14.0 Å². The van der Waals surface area contributed by atoms with E-state index in [4.69, 9.17) is 0 Å². The molecule has 1 saturated heterocycles. The fourth-order valence-corrected chi connectivity index (χ4v) is 2.44. The first-order valence-corrected chi connectivity index (χ1v) is 7.85. The van der Waals surface area contributed by atoms with Gasteiger partial charge < -0.3 is 10.6 Å². The maximum Gasteiger partial charge on any atom is 0.232 e. The van der Waals surface area contributed by atoms with Crippen LogP contribution in [0.5, 0.6) is 0 Å². The molecule has 0 aromatic carbocycles. The molecule has 0 aliphatic carbocycles. The number of rotatable bonds is 10. The average molecular weight is 297 g/mol. The molecule has 6 nitrogen and oxygen atoms in total. The smallest absolute Gasteiger partial charge is 0.232 e. The summed E-state index contributed by atoms with van der Waals surface area (Å²) in [7, 11) is 1.92.